The molecule has 0 aromatic heterocycles. The van der Waals surface area contributed by atoms with Crippen LogP contribution < -0.4 is 4.74 Å². The van der Waals surface area contributed by atoms with Gasteiger partial charge in [-0.15, -0.1) is 0 Å². The van der Waals surface area contributed by atoms with Gasteiger partial charge in [-0.2, -0.15) is 0 Å². The lowest BCUT2D eigenvalue weighted by Gasteiger charge is -2.15. The number of carbonyl (C=O) groups is 1. The van der Waals surface area contributed by atoms with Gasteiger partial charge in [0.2, 0.25) is 14.8 Å². The molecule has 0 aliphatic carbocycles. The van der Waals surface area contributed by atoms with E-state index in [-0.39, 0.29) is 16.2 Å². The first-order chi connectivity index (χ1) is 7.79. The molecule has 0 spiro atoms. The molecule has 0 radical (unpaired) electrons. The molecule has 1 aromatic rings. The van der Waals surface area contributed by atoms with Gasteiger partial charge in [0.1, 0.15) is 10.6 Å². The van der Waals surface area contributed by atoms with Crippen molar-refractivity contribution in [2.45, 2.75) is 23.7 Å². The molecule has 0 N–H and O–H groups in total. The molecule has 1 aliphatic rings. The Morgan fingerprint density at radius 1 is 1.35 bits per heavy atom. The van der Waals surface area contributed by atoms with Gasteiger partial charge >= 0.3 is 5.97 Å². The molecular weight excluding hydrogens is 244 g/mol. The van der Waals surface area contributed by atoms with Crippen molar-refractivity contribution in [1.82, 2.24) is 0 Å². The quantitative estimate of drug-likeness (QED) is 0.710. The summed E-state index contributed by atoms with van der Waals surface area (Å²) in [5.41, 5.74) is 0.191. The van der Waals surface area contributed by atoms with E-state index >= 15 is 0 Å². The lowest BCUT2D eigenvalue weighted by molar-refractivity contribution is 0.0600. The van der Waals surface area contributed by atoms with Crippen LogP contribution in [-0.4, -0.2) is 26.4 Å². The molecule has 92 valence electrons. The maximum atomic E-state index is 12.1. The van der Waals surface area contributed by atoms with Crippen molar-refractivity contribution >= 4 is 15.8 Å². The Labute approximate surface area is 99.3 Å². The first kappa shape index (κ1) is 11.9. The molecule has 0 saturated carbocycles. The number of carbonyl (C=O) groups excluding carboxylic acids is 1. The lowest BCUT2D eigenvalue weighted by Crippen LogP contribution is -2.32. The van der Waals surface area contributed by atoms with Gasteiger partial charge in [0, 0.05) is 0 Å². The summed E-state index contributed by atoms with van der Waals surface area (Å²) in [5, 5.41) is 0. The predicted octanol–water partition coefficient (Wildman–Crippen LogP) is 1.38. The molecule has 0 saturated heterocycles. The maximum Gasteiger partial charge on any atom is 0.337 e. The van der Waals surface area contributed by atoms with Crippen molar-refractivity contribution in [3.8, 4) is 5.75 Å². The second kappa shape index (κ2) is 3.46. The topological polar surface area (TPSA) is 69.7 Å². The molecular formula is C11H12O5S. The van der Waals surface area contributed by atoms with Gasteiger partial charge in [-0.05, 0) is 32.0 Å². The molecule has 0 fully saturated rings. The zero-order valence-corrected chi connectivity index (χ0v) is 10.5. The number of hydrogen-bond donors (Lipinski definition) is 0. The number of rotatable bonds is 1. The van der Waals surface area contributed by atoms with Crippen LogP contribution in [0.3, 0.4) is 0 Å². The third-order valence-corrected chi connectivity index (χ3v) is 4.93. The average Bonchev–Trinajstić information content (AvgIpc) is 2.44. The van der Waals surface area contributed by atoms with Gasteiger partial charge in [0.25, 0.3) is 0 Å². The average molecular weight is 256 g/mol. The molecule has 5 nitrogen and oxygen atoms in total. The van der Waals surface area contributed by atoms with Crippen LogP contribution in [0.25, 0.3) is 0 Å². The fourth-order valence-electron chi connectivity index (χ4n) is 1.63. The summed E-state index contributed by atoms with van der Waals surface area (Å²) in [4.78, 5) is 10.1. The highest BCUT2D eigenvalue weighted by atomic mass is 32.2. The Kier molecular flexibility index (Phi) is 2.43. The van der Waals surface area contributed by atoms with Gasteiger partial charge < -0.3 is 9.47 Å². The van der Waals surface area contributed by atoms with E-state index in [1.54, 1.807) is 0 Å². The minimum atomic E-state index is -3.58. The zero-order chi connectivity index (χ0) is 12.8. The monoisotopic (exact) mass is 256 g/mol. The minimum Gasteiger partial charge on any atom is -0.470 e. The normalized spacial score (nSPS) is 19.2. The van der Waals surface area contributed by atoms with Crippen LogP contribution in [0, 0.1) is 0 Å². The van der Waals surface area contributed by atoms with Crippen molar-refractivity contribution < 1.29 is 22.7 Å². The number of esters is 1. The van der Waals surface area contributed by atoms with Crippen molar-refractivity contribution in [2.24, 2.45) is 0 Å². The highest BCUT2D eigenvalue weighted by Crippen LogP contribution is 2.41. The minimum absolute atomic E-state index is 0.0328. The van der Waals surface area contributed by atoms with Gasteiger partial charge in [-0.1, -0.05) is 0 Å². The number of hydrogen-bond acceptors (Lipinski definition) is 5. The van der Waals surface area contributed by atoms with Gasteiger partial charge in [-0.25, -0.2) is 13.2 Å². The van der Waals surface area contributed by atoms with Crippen molar-refractivity contribution in [3.05, 3.63) is 23.8 Å². The molecule has 0 atom stereocenters. The van der Waals surface area contributed by atoms with Crippen LogP contribution in [0.1, 0.15) is 24.2 Å². The number of benzene rings is 1. The Balaban J connectivity index is 2.61. The third-order valence-electron chi connectivity index (χ3n) is 2.66. The molecule has 1 heterocycles. The highest BCUT2D eigenvalue weighted by molar-refractivity contribution is 7.93. The maximum absolute atomic E-state index is 12.1. The Hall–Kier alpha value is -1.56. The van der Waals surface area contributed by atoms with Crippen LogP contribution >= 0.6 is 0 Å². The molecule has 6 heteroatoms. The van der Waals surface area contributed by atoms with Gasteiger partial charge in [0.15, 0.2) is 0 Å². The Bertz CT molecular complexity index is 586. The second-order valence-corrected chi connectivity index (χ2v) is 6.59. The van der Waals surface area contributed by atoms with E-state index in [1.165, 1.54) is 39.2 Å². The van der Waals surface area contributed by atoms with E-state index in [0.717, 1.165) is 0 Å². The second-order valence-electron chi connectivity index (χ2n) is 4.16. The summed E-state index contributed by atoms with van der Waals surface area (Å²) < 4.78 is 34.1. The van der Waals surface area contributed by atoms with Crippen LogP contribution in [0.2, 0.25) is 0 Å². The fraction of sp³-hybridized carbons (Fsp3) is 0.364. The number of ether oxygens (including phenoxy) is 2. The van der Waals surface area contributed by atoms with Crippen LogP contribution in [0.15, 0.2) is 23.1 Å². The van der Waals surface area contributed by atoms with E-state index in [1.807, 2.05) is 0 Å². The largest absolute Gasteiger partial charge is 0.470 e. The van der Waals surface area contributed by atoms with Gasteiger partial charge in [0.05, 0.1) is 12.7 Å². The third kappa shape index (κ3) is 1.59. The molecule has 0 unspecified atom stereocenters. The summed E-state index contributed by atoms with van der Waals surface area (Å²) in [5.74, 6) is -0.310. The van der Waals surface area contributed by atoms with Crippen LogP contribution in [0.4, 0.5) is 0 Å². The smallest absolute Gasteiger partial charge is 0.337 e. The van der Waals surface area contributed by atoms with E-state index in [9.17, 15) is 13.2 Å². The van der Waals surface area contributed by atoms with Crippen molar-refractivity contribution in [1.29, 1.82) is 0 Å². The van der Waals surface area contributed by atoms with Crippen molar-refractivity contribution in [2.75, 3.05) is 7.11 Å². The van der Waals surface area contributed by atoms with Crippen LogP contribution in [-0.2, 0) is 14.6 Å². The molecule has 0 bridgehead atoms. The van der Waals surface area contributed by atoms with Gasteiger partial charge in [-0.3, -0.25) is 0 Å². The Morgan fingerprint density at radius 3 is 2.59 bits per heavy atom. The molecule has 1 aromatic carbocycles. The summed E-state index contributed by atoms with van der Waals surface area (Å²) in [7, 11) is -2.34. The van der Waals surface area contributed by atoms with Crippen LogP contribution in [0.5, 0.6) is 5.75 Å². The molecule has 1 aliphatic heterocycles. The first-order valence-electron chi connectivity index (χ1n) is 4.95. The summed E-state index contributed by atoms with van der Waals surface area (Å²) >= 11 is 0. The van der Waals surface area contributed by atoms with E-state index < -0.39 is 20.7 Å². The number of sulfone groups is 1. The molecule has 2 rings (SSSR count). The SMILES string of the molecule is COC(=O)c1ccc2c(c1)S(=O)(=O)C(C)(C)O2. The fourth-order valence-corrected chi connectivity index (χ4v) is 3.02. The van der Waals surface area contributed by atoms with E-state index in [0.29, 0.717) is 0 Å². The summed E-state index contributed by atoms with van der Waals surface area (Å²) in [6.45, 7) is 2.94. The Morgan fingerprint density at radius 2 is 2.00 bits per heavy atom. The van der Waals surface area contributed by atoms with E-state index in [4.69, 9.17) is 4.74 Å². The summed E-state index contributed by atoms with van der Waals surface area (Å²) in [6.07, 6.45) is 0. The van der Waals surface area contributed by atoms with Crippen molar-refractivity contribution in [3.63, 3.8) is 0 Å². The standard InChI is InChI=1S/C11H12O5S/c1-11(2)16-8-5-4-7(10(12)15-3)6-9(8)17(11,13)14/h4-6H,1-3H3. The predicted molar refractivity (Wildman–Crippen MR) is 59.7 cm³/mol. The molecule has 17 heavy (non-hydrogen) atoms. The number of fused-ring (bicyclic) bond motifs is 1. The number of methoxy groups -OCH3 is 1. The highest BCUT2D eigenvalue weighted by Gasteiger charge is 2.46. The van der Waals surface area contributed by atoms with E-state index in [2.05, 4.69) is 4.74 Å². The first-order valence-corrected chi connectivity index (χ1v) is 6.44. The zero-order valence-electron chi connectivity index (χ0n) is 9.68. The molecule has 0 amide bonds. The summed E-state index contributed by atoms with van der Waals surface area (Å²) in [6, 6.07) is 4.22. The lowest BCUT2D eigenvalue weighted by atomic mass is 10.2.